The number of fused-ring (bicyclic) bond motifs is 1. The maximum Gasteiger partial charge on any atom is 0.207 e. The number of pyridine rings is 1. The third kappa shape index (κ3) is 3.16. The highest BCUT2D eigenvalue weighted by molar-refractivity contribution is 6.08. The maximum absolute atomic E-state index is 12.4. The second-order valence-electron chi connectivity index (χ2n) is 5.01. The lowest BCUT2D eigenvalue weighted by Gasteiger charge is -2.25. The number of allylic oxidation sites excluding steroid dienone is 4. The monoisotopic (exact) mass is 299 g/mol. The van der Waals surface area contributed by atoms with Gasteiger partial charge in [0.05, 0.1) is 6.61 Å². The van der Waals surface area contributed by atoms with Gasteiger partial charge in [-0.25, -0.2) is 0 Å². The van der Waals surface area contributed by atoms with Crippen molar-refractivity contribution in [2.24, 2.45) is 0 Å². The van der Waals surface area contributed by atoms with Crippen LogP contribution in [0.25, 0.3) is 0 Å². The van der Waals surface area contributed by atoms with Crippen LogP contribution in [0.15, 0.2) is 59.5 Å². The van der Waals surface area contributed by atoms with Crippen LogP contribution in [0.4, 0.5) is 0 Å². The molecule has 0 fully saturated rings. The lowest BCUT2D eigenvalue weighted by atomic mass is 9.92. The van der Waals surface area contributed by atoms with Crippen molar-refractivity contribution in [3.8, 4) is 0 Å². The Balaban J connectivity index is 1.76. The Bertz CT molecular complexity index is 646. The van der Waals surface area contributed by atoms with E-state index in [-0.39, 0.29) is 11.9 Å². The highest BCUT2D eigenvalue weighted by Gasteiger charge is 2.26. The highest BCUT2D eigenvalue weighted by atomic mass is 17.2. The van der Waals surface area contributed by atoms with E-state index in [9.17, 15) is 4.79 Å². The largest absolute Gasteiger partial charge is 0.379 e. The molecule has 0 saturated heterocycles. The molecule has 5 nitrogen and oxygen atoms in total. The second-order valence-corrected chi connectivity index (χ2v) is 5.01. The maximum atomic E-state index is 12.4. The van der Waals surface area contributed by atoms with Gasteiger partial charge in [0.25, 0.3) is 0 Å². The minimum absolute atomic E-state index is 0.0651. The van der Waals surface area contributed by atoms with Crippen molar-refractivity contribution >= 4 is 5.78 Å². The van der Waals surface area contributed by atoms with Gasteiger partial charge < -0.3 is 9.62 Å². The van der Waals surface area contributed by atoms with Crippen molar-refractivity contribution in [3.05, 3.63) is 65.2 Å². The summed E-state index contributed by atoms with van der Waals surface area (Å²) < 4.78 is 5.34. The summed E-state index contributed by atoms with van der Waals surface area (Å²) in [5, 5.41) is 0. The molecule has 0 N–H and O–H groups in total. The summed E-state index contributed by atoms with van der Waals surface area (Å²) >= 11 is 0. The number of carbonyl (C=O) groups excluding carboxylic acids is 1. The van der Waals surface area contributed by atoms with Gasteiger partial charge >= 0.3 is 0 Å². The number of carbonyl (C=O) groups is 1. The summed E-state index contributed by atoms with van der Waals surface area (Å²) in [6.45, 7) is 2.98. The van der Waals surface area contributed by atoms with Crippen LogP contribution in [0.5, 0.6) is 0 Å². The number of aromatic nitrogens is 1. The van der Waals surface area contributed by atoms with Crippen LogP contribution in [0.2, 0.25) is 0 Å². The first-order chi connectivity index (χ1) is 10.8. The molecule has 0 bridgehead atoms. The number of Topliss-reactive ketones (excluding diaryl/α,β-unsaturated/α-hetero) is 1. The quantitative estimate of drug-likeness (QED) is 0.618. The van der Waals surface area contributed by atoms with Crippen LogP contribution in [0.1, 0.15) is 23.8 Å². The molecule has 0 saturated carbocycles. The summed E-state index contributed by atoms with van der Waals surface area (Å²) in [7, 11) is 0. The standard InChI is InChI=1S/C17H17NO4/c1-2-20-11-14-10-13-9-12(6-7-16(13)22-21-14)17(19)15-5-3-4-8-18-15/h3-8,10,14H,2,9,11H2,1H3. The fourth-order valence-corrected chi connectivity index (χ4v) is 2.35. The third-order valence-corrected chi connectivity index (χ3v) is 3.46. The van der Waals surface area contributed by atoms with Gasteiger partial charge in [0, 0.05) is 30.4 Å². The highest BCUT2D eigenvalue weighted by Crippen LogP contribution is 2.31. The molecule has 0 spiro atoms. The number of nitrogens with zero attached hydrogens (tertiary/aromatic N) is 1. The van der Waals surface area contributed by atoms with Crippen molar-refractivity contribution in [2.45, 2.75) is 19.4 Å². The fraction of sp³-hybridized carbons (Fsp3) is 0.294. The Morgan fingerprint density at radius 1 is 1.41 bits per heavy atom. The van der Waals surface area contributed by atoms with E-state index in [1.165, 1.54) is 0 Å². The van der Waals surface area contributed by atoms with Crippen LogP contribution < -0.4 is 0 Å². The number of rotatable bonds is 5. The van der Waals surface area contributed by atoms with E-state index in [1.807, 2.05) is 13.0 Å². The van der Waals surface area contributed by atoms with Gasteiger partial charge in [0.2, 0.25) is 5.78 Å². The molecular formula is C17H17NO4. The number of ketones is 1. The number of hydrogen-bond donors (Lipinski definition) is 0. The molecule has 1 aliphatic heterocycles. The molecule has 0 aromatic carbocycles. The number of hydrogen-bond acceptors (Lipinski definition) is 5. The second kappa shape index (κ2) is 6.68. The Hall–Kier alpha value is -2.24. The Kier molecular flexibility index (Phi) is 4.46. The molecule has 0 radical (unpaired) electrons. The molecule has 2 aliphatic rings. The summed E-state index contributed by atoms with van der Waals surface area (Å²) in [6.07, 6.45) is 7.33. The molecule has 1 aromatic heterocycles. The van der Waals surface area contributed by atoms with Gasteiger partial charge in [-0.2, -0.15) is 4.89 Å². The average Bonchev–Trinajstić information content (AvgIpc) is 2.59. The normalized spacial score (nSPS) is 20.2. The van der Waals surface area contributed by atoms with Gasteiger partial charge in [0.15, 0.2) is 5.76 Å². The van der Waals surface area contributed by atoms with Crippen LogP contribution in [0, 0.1) is 0 Å². The molecule has 114 valence electrons. The van der Waals surface area contributed by atoms with Crippen molar-refractivity contribution in [1.29, 1.82) is 0 Å². The minimum Gasteiger partial charge on any atom is -0.379 e. The summed E-state index contributed by atoms with van der Waals surface area (Å²) in [4.78, 5) is 27.1. The van der Waals surface area contributed by atoms with Crippen LogP contribution in [-0.2, 0) is 14.5 Å². The van der Waals surface area contributed by atoms with Gasteiger partial charge in [-0.1, -0.05) is 12.1 Å². The molecule has 1 unspecified atom stereocenters. The van der Waals surface area contributed by atoms with Gasteiger partial charge in [-0.15, -0.1) is 0 Å². The zero-order valence-electron chi connectivity index (χ0n) is 12.3. The SMILES string of the molecule is CCOCC1C=C2CC(C(=O)c3ccccn3)=CC=C2OO1. The van der Waals surface area contributed by atoms with Crippen LogP contribution in [0.3, 0.4) is 0 Å². The Morgan fingerprint density at radius 2 is 2.32 bits per heavy atom. The van der Waals surface area contributed by atoms with Crippen LogP contribution >= 0.6 is 0 Å². The zero-order chi connectivity index (χ0) is 15.4. The fourth-order valence-electron chi connectivity index (χ4n) is 2.35. The molecule has 1 aliphatic carbocycles. The molecule has 22 heavy (non-hydrogen) atoms. The van der Waals surface area contributed by atoms with Crippen molar-refractivity contribution in [3.63, 3.8) is 0 Å². The Morgan fingerprint density at radius 3 is 3.09 bits per heavy atom. The van der Waals surface area contributed by atoms with Gasteiger partial charge in [-0.3, -0.25) is 9.78 Å². The molecule has 3 rings (SSSR count). The lowest BCUT2D eigenvalue weighted by Crippen LogP contribution is -2.24. The molecule has 0 amide bonds. The Labute approximate surface area is 128 Å². The average molecular weight is 299 g/mol. The van der Waals surface area contributed by atoms with E-state index >= 15 is 0 Å². The first-order valence-electron chi connectivity index (χ1n) is 7.26. The first kappa shape index (κ1) is 14.7. The van der Waals surface area contributed by atoms with E-state index in [0.717, 1.165) is 5.57 Å². The van der Waals surface area contributed by atoms with Crippen molar-refractivity contribution < 1.29 is 19.3 Å². The summed E-state index contributed by atoms with van der Waals surface area (Å²) in [5.41, 5.74) is 2.08. The topological polar surface area (TPSA) is 57.7 Å². The predicted molar refractivity (Wildman–Crippen MR) is 79.9 cm³/mol. The number of ether oxygens (including phenoxy) is 1. The zero-order valence-corrected chi connectivity index (χ0v) is 12.3. The lowest BCUT2D eigenvalue weighted by molar-refractivity contribution is -0.294. The molecular weight excluding hydrogens is 282 g/mol. The van der Waals surface area contributed by atoms with Gasteiger partial charge in [0.1, 0.15) is 11.8 Å². The van der Waals surface area contributed by atoms with Crippen molar-refractivity contribution in [2.75, 3.05) is 13.2 Å². The van der Waals surface area contributed by atoms with Crippen molar-refractivity contribution in [1.82, 2.24) is 4.98 Å². The predicted octanol–water partition coefficient (Wildman–Crippen LogP) is 2.77. The first-order valence-corrected chi connectivity index (χ1v) is 7.26. The smallest absolute Gasteiger partial charge is 0.207 e. The van der Waals surface area contributed by atoms with E-state index in [1.54, 1.807) is 36.5 Å². The molecule has 1 atom stereocenters. The van der Waals surface area contributed by atoms with E-state index in [0.29, 0.717) is 36.7 Å². The van der Waals surface area contributed by atoms with E-state index in [4.69, 9.17) is 14.5 Å². The summed E-state index contributed by atoms with van der Waals surface area (Å²) in [6, 6.07) is 5.31. The van der Waals surface area contributed by atoms with Crippen LogP contribution in [-0.4, -0.2) is 30.1 Å². The molecule has 1 aromatic rings. The minimum atomic E-state index is -0.253. The summed E-state index contributed by atoms with van der Waals surface area (Å²) in [5.74, 6) is 0.579. The molecule has 5 heteroatoms. The van der Waals surface area contributed by atoms with E-state index < -0.39 is 0 Å². The molecule has 2 heterocycles. The van der Waals surface area contributed by atoms with Gasteiger partial charge in [-0.05, 0) is 31.2 Å². The third-order valence-electron chi connectivity index (χ3n) is 3.46. The van der Waals surface area contributed by atoms with E-state index in [2.05, 4.69) is 4.98 Å².